The molecule has 18 heavy (non-hydrogen) atoms. The minimum atomic E-state index is -3.56. The van der Waals surface area contributed by atoms with Crippen LogP contribution in [0.4, 0.5) is 0 Å². The Morgan fingerprint density at radius 1 is 1.50 bits per heavy atom. The molecule has 2 N–H and O–H groups in total. The Labute approximate surface area is 107 Å². The van der Waals surface area contributed by atoms with Crippen molar-refractivity contribution >= 4 is 10.0 Å². The molecule has 0 saturated heterocycles. The first-order chi connectivity index (χ1) is 8.49. The maximum Gasteiger partial charge on any atom is 0.242 e. The largest absolute Gasteiger partial charge is 0.384 e. The summed E-state index contributed by atoms with van der Waals surface area (Å²) in [5.74, 6) is 5.06. The molecule has 0 bridgehead atoms. The summed E-state index contributed by atoms with van der Waals surface area (Å²) in [5, 5.41) is 8.58. The van der Waals surface area contributed by atoms with Crippen LogP contribution in [-0.2, 0) is 10.0 Å². The Hall–Kier alpha value is -1.42. The number of nitrogens with zero attached hydrogens (tertiary/aromatic N) is 1. The summed E-state index contributed by atoms with van der Waals surface area (Å²) < 4.78 is 26.5. The van der Waals surface area contributed by atoms with Crippen molar-refractivity contribution in [1.29, 1.82) is 0 Å². The topological polar surface area (TPSA) is 79.3 Å². The molecule has 0 aliphatic rings. The SMILES string of the molecule is CCC(C)NS(=O)(=O)c1cncc(C#CCO)c1. The van der Waals surface area contributed by atoms with Gasteiger partial charge in [-0.1, -0.05) is 18.8 Å². The van der Waals surface area contributed by atoms with E-state index in [-0.39, 0.29) is 17.5 Å². The van der Waals surface area contributed by atoms with Crippen LogP contribution in [0.1, 0.15) is 25.8 Å². The van der Waals surface area contributed by atoms with Gasteiger partial charge in [-0.15, -0.1) is 0 Å². The van der Waals surface area contributed by atoms with Gasteiger partial charge in [0.15, 0.2) is 0 Å². The summed E-state index contributed by atoms with van der Waals surface area (Å²) in [6.07, 6.45) is 3.43. The first-order valence-corrected chi connectivity index (χ1v) is 7.05. The lowest BCUT2D eigenvalue weighted by Gasteiger charge is -2.11. The van der Waals surface area contributed by atoms with E-state index in [1.165, 1.54) is 18.5 Å². The van der Waals surface area contributed by atoms with E-state index in [1.54, 1.807) is 6.92 Å². The lowest BCUT2D eigenvalue weighted by Crippen LogP contribution is -2.32. The average molecular weight is 268 g/mol. The van der Waals surface area contributed by atoms with Gasteiger partial charge in [-0.3, -0.25) is 4.98 Å². The van der Waals surface area contributed by atoms with Crippen LogP contribution >= 0.6 is 0 Å². The van der Waals surface area contributed by atoms with E-state index < -0.39 is 10.0 Å². The molecule has 0 amide bonds. The lowest BCUT2D eigenvalue weighted by atomic mass is 10.3. The van der Waals surface area contributed by atoms with Gasteiger partial charge in [0.05, 0.1) is 0 Å². The second-order valence-corrected chi connectivity index (χ2v) is 5.51. The van der Waals surface area contributed by atoms with Crippen LogP contribution in [0.3, 0.4) is 0 Å². The van der Waals surface area contributed by atoms with Crippen molar-refractivity contribution in [1.82, 2.24) is 9.71 Å². The Morgan fingerprint density at radius 3 is 2.83 bits per heavy atom. The summed E-state index contributed by atoms with van der Waals surface area (Å²) in [7, 11) is -3.56. The Balaban J connectivity index is 3.02. The second-order valence-electron chi connectivity index (χ2n) is 3.80. The van der Waals surface area contributed by atoms with Gasteiger partial charge in [0.1, 0.15) is 11.5 Å². The van der Waals surface area contributed by atoms with Crippen LogP contribution in [0.5, 0.6) is 0 Å². The molecule has 0 saturated carbocycles. The molecule has 1 rings (SSSR count). The number of aliphatic hydroxyl groups is 1. The van der Waals surface area contributed by atoms with Crippen molar-refractivity contribution in [3.63, 3.8) is 0 Å². The average Bonchev–Trinajstić information content (AvgIpc) is 2.36. The lowest BCUT2D eigenvalue weighted by molar-refractivity contribution is 0.350. The Bertz CT molecular complexity index is 558. The van der Waals surface area contributed by atoms with Crippen molar-refractivity contribution in [3.8, 4) is 11.8 Å². The second kappa shape index (κ2) is 6.50. The molecule has 0 spiro atoms. The van der Waals surface area contributed by atoms with Gasteiger partial charge in [0, 0.05) is 24.0 Å². The summed E-state index contributed by atoms with van der Waals surface area (Å²) in [5.41, 5.74) is 0.455. The van der Waals surface area contributed by atoms with Gasteiger partial charge in [0.2, 0.25) is 10.0 Å². The van der Waals surface area contributed by atoms with Crippen LogP contribution in [-0.4, -0.2) is 31.2 Å². The van der Waals surface area contributed by atoms with Crippen molar-refractivity contribution in [2.45, 2.75) is 31.2 Å². The van der Waals surface area contributed by atoms with Gasteiger partial charge < -0.3 is 5.11 Å². The van der Waals surface area contributed by atoms with Crippen molar-refractivity contribution in [2.24, 2.45) is 0 Å². The summed E-state index contributed by atoms with van der Waals surface area (Å²) in [6, 6.07) is 1.29. The highest BCUT2D eigenvalue weighted by atomic mass is 32.2. The quantitative estimate of drug-likeness (QED) is 0.779. The third-order valence-electron chi connectivity index (χ3n) is 2.30. The molecular weight excluding hydrogens is 252 g/mol. The van der Waals surface area contributed by atoms with Gasteiger partial charge in [-0.2, -0.15) is 0 Å². The van der Waals surface area contributed by atoms with Gasteiger partial charge in [-0.25, -0.2) is 13.1 Å². The first kappa shape index (κ1) is 14.6. The molecule has 0 fully saturated rings. The number of nitrogens with one attached hydrogen (secondary N) is 1. The highest BCUT2D eigenvalue weighted by Gasteiger charge is 2.16. The monoisotopic (exact) mass is 268 g/mol. The van der Waals surface area contributed by atoms with E-state index >= 15 is 0 Å². The predicted octanol–water partition coefficient (Wildman–Crippen LogP) is 0.502. The molecule has 0 radical (unpaired) electrons. The molecule has 5 nitrogen and oxygen atoms in total. The summed E-state index contributed by atoms with van der Waals surface area (Å²) in [6.45, 7) is 3.41. The van der Waals surface area contributed by atoms with Crippen LogP contribution in [0, 0.1) is 11.8 Å². The number of rotatable bonds is 4. The van der Waals surface area contributed by atoms with Crippen molar-refractivity contribution < 1.29 is 13.5 Å². The zero-order chi connectivity index (χ0) is 13.6. The standard InChI is InChI=1S/C12H16N2O3S/c1-3-10(2)14-18(16,17)12-7-11(5-4-6-15)8-13-9-12/h7-10,14-15H,3,6H2,1-2H3. The normalized spacial score (nSPS) is 12.6. The van der Waals surface area contributed by atoms with Gasteiger partial charge >= 0.3 is 0 Å². The molecule has 1 aromatic heterocycles. The van der Waals surface area contributed by atoms with Gasteiger partial charge in [-0.05, 0) is 19.4 Å². The minimum Gasteiger partial charge on any atom is -0.384 e. The molecule has 1 unspecified atom stereocenters. The molecule has 1 heterocycles. The zero-order valence-electron chi connectivity index (χ0n) is 10.3. The fourth-order valence-electron chi connectivity index (χ4n) is 1.19. The maximum atomic E-state index is 12.0. The van der Waals surface area contributed by atoms with Crippen LogP contribution < -0.4 is 4.72 Å². The van der Waals surface area contributed by atoms with E-state index in [9.17, 15) is 8.42 Å². The van der Waals surface area contributed by atoms with E-state index in [2.05, 4.69) is 21.5 Å². The highest BCUT2D eigenvalue weighted by molar-refractivity contribution is 7.89. The van der Waals surface area contributed by atoms with E-state index in [0.29, 0.717) is 12.0 Å². The molecule has 0 aliphatic heterocycles. The number of aromatic nitrogens is 1. The van der Waals surface area contributed by atoms with Gasteiger partial charge in [0.25, 0.3) is 0 Å². The molecule has 98 valence electrons. The number of hydrogen-bond acceptors (Lipinski definition) is 4. The van der Waals surface area contributed by atoms with Crippen molar-refractivity contribution in [2.75, 3.05) is 6.61 Å². The highest BCUT2D eigenvalue weighted by Crippen LogP contribution is 2.10. The summed E-state index contributed by atoms with van der Waals surface area (Å²) in [4.78, 5) is 3.91. The molecule has 6 heteroatoms. The number of hydrogen-bond donors (Lipinski definition) is 2. The third kappa shape index (κ3) is 4.11. The fraction of sp³-hybridized carbons (Fsp3) is 0.417. The maximum absolute atomic E-state index is 12.0. The van der Waals surface area contributed by atoms with E-state index in [4.69, 9.17) is 5.11 Å². The molecular formula is C12H16N2O3S. The third-order valence-corrected chi connectivity index (χ3v) is 3.86. The number of sulfonamides is 1. The predicted molar refractivity (Wildman–Crippen MR) is 68.3 cm³/mol. The van der Waals surface area contributed by atoms with Crippen LogP contribution in [0.15, 0.2) is 23.4 Å². The molecule has 1 aromatic rings. The summed E-state index contributed by atoms with van der Waals surface area (Å²) >= 11 is 0. The molecule has 1 atom stereocenters. The Kier molecular flexibility index (Phi) is 5.28. The Morgan fingerprint density at radius 2 is 2.22 bits per heavy atom. The fourth-order valence-corrected chi connectivity index (χ4v) is 2.51. The van der Waals surface area contributed by atoms with E-state index in [0.717, 1.165) is 0 Å². The zero-order valence-corrected chi connectivity index (χ0v) is 11.2. The first-order valence-electron chi connectivity index (χ1n) is 5.56. The number of aliphatic hydroxyl groups excluding tert-OH is 1. The minimum absolute atomic E-state index is 0.0764. The van der Waals surface area contributed by atoms with Crippen molar-refractivity contribution in [3.05, 3.63) is 24.0 Å². The van der Waals surface area contributed by atoms with Crippen LogP contribution in [0.25, 0.3) is 0 Å². The smallest absolute Gasteiger partial charge is 0.242 e. The number of pyridine rings is 1. The molecule has 0 aliphatic carbocycles. The van der Waals surface area contributed by atoms with E-state index in [1.807, 2.05) is 6.92 Å². The molecule has 0 aromatic carbocycles. The van der Waals surface area contributed by atoms with Crippen LogP contribution in [0.2, 0.25) is 0 Å².